The monoisotopic (exact) mass is 1800 g/mol. The quantitative estimate of drug-likeness (QED) is 0.0270. The summed E-state index contributed by atoms with van der Waals surface area (Å²) in [4.78, 5) is 7.12. The van der Waals surface area contributed by atoms with Gasteiger partial charge in [-0.25, -0.2) is 0 Å². The molecule has 0 aliphatic heterocycles. The van der Waals surface area contributed by atoms with Crippen molar-refractivity contribution in [1.82, 2.24) is 19.6 Å². The lowest BCUT2D eigenvalue weighted by Gasteiger charge is -2.24. The highest BCUT2D eigenvalue weighted by Crippen LogP contribution is 2.50. The van der Waals surface area contributed by atoms with Crippen LogP contribution in [0.25, 0.3) is 106 Å². The molecule has 0 saturated carbocycles. The van der Waals surface area contributed by atoms with Crippen LogP contribution in [-0.4, -0.2) is 96.7 Å². The van der Waals surface area contributed by atoms with Crippen LogP contribution < -0.4 is 18.9 Å². The topological polar surface area (TPSA) is 49.9 Å². The molecule has 14 heteroatoms. The van der Waals surface area contributed by atoms with Gasteiger partial charge in [0.25, 0.3) is 20.7 Å². The highest BCUT2D eigenvalue weighted by molar-refractivity contribution is 7.80. The van der Waals surface area contributed by atoms with Crippen LogP contribution >= 0.6 is 71.5 Å². The average Bonchev–Trinajstić information content (AvgIpc) is 1.76. The molecule has 0 amide bonds. The third kappa shape index (κ3) is 29.7. The molecule has 2 aromatic heterocycles. The van der Waals surface area contributed by atoms with Gasteiger partial charge in [-0.05, 0) is 238 Å². The Bertz CT molecular complexity index is 5160. The second kappa shape index (κ2) is 52.3. The fourth-order valence-electron chi connectivity index (χ4n) is 17.7. The van der Waals surface area contributed by atoms with Crippen LogP contribution in [0.5, 0.6) is 23.0 Å². The first-order chi connectivity index (χ1) is 61.3. The maximum Gasteiger partial charge on any atom is 0.264 e. The number of aryl methyl sites for hydroxylation is 4. The fourth-order valence-corrected chi connectivity index (χ4v) is 20.3. The zero-order chi connectivity index (χ0) is 89.1. The van der Waals surface area contributed by atoms with Gasteiger partial charge in [0.05, 0.1) is 0 Å². The van der Waals surface area contributed by atoms with Gasteiger partial charge >= 0.3 is 0 Å². The van der Waals surface area contributed by atoms with Crippen molar-refractivity contribution in [3.8, 4) is 45.3 Å². The molecule has 12 aromatic rings. The van der Waals surface area contributed by atoms with Crippen LogP contribution in [0, 0.1) is 0 Å². The maximum atomic E-state index is 6.71. The SMILES string of the molecule is CCCCCCCCCCCCc1ccc2cc(-c3cc(OC(=S)N(C)C)c(-c4cc5ccc(CCCCCCCCCCCC)cc5cc4OC(=S)N(C)C)cc3OC(=S)N(C)C)c(OC(=S)N(C)C)cc2c1.CCCCCCCCCCCCc1ccc2cc3c(cc2c1)sc1cc2c(cc13)sc1cc3cc(CCCCCCCCCCCC)ccc3cc12. The standard InChI is InChI=1S/C62H86N4O4S4.C50H62S2/c1-11-13-15-17-19-21-23-25-27-29-31-45-33-35-47-39-51(55(41-49(47)37-45)67-59(71)63(3)4)53-43-58(70-62(74)66(9)10)54(44-57(53)69-61(73)65(7)8)52-40-48-36-34-46(32-30-28-26-24-22-20-18-16-14-12-2)38-50(48)42-56(52)68-60(72)64(5)6;1-3-5-7-9-11-13-15-17-19-21-23-37-25-27-39-31-43-45-35-50-46(36-49(45)51-47(43)33-41(39)29-37)44-32-40-28-26-38(30-42(40)34-48(44)52-50)24-22-20-18-16-14-12-10-8-6-4-2/h33-44H,11-32H2,1-10H3;25-36H,3-24H2,1-2H3. The molecular weight excluding hydrogens is 1660 g/mol. The van der Waals surface area contributed by atoms with Crippen LogP contribution in [0.2, 0.25) is 0 Å². The van der Waals surface area contributed by atoms with Crippen LogP contribution in [0.1, 0.15) is 307 Å². The second-order valence-electron chi connectivity index (χ2n) is 36.8. The first kappa shape index (κ1) is 99.0. The van der Waals surface area contributed by atoms with E-state index < -0.39 is 0 Å². The number of hydrogen-bond acceptors (Lipinski definition) is 10. The van der Waals surface area contributed by atoms with E-state index in [2.05, 4.69) is 161 Å². The first-order valence-corrected chi connectivity index (χ1v) is 52.1. The van der Waals surface area contributed by atoms with Gasteiger partial charge < -0.3 is 38.5 Å². The van der Waals surface area contributed by atoms with Crippen molar-refractivity contribution in [3.05, 3.63) is 168 Å². The normalized spacial score (nSPS) is 11.6. The summed E-state index contributed by atoms with van der Waals surface area (Å²) in [5.41, 5.74) is 8.43. The van der Waals surface area contributed by atoms with Crippen LogP contribution in [0.3, 0.4) is 0 Å². The second-order valence-corrected chi connectivity index (χ2v) is 40.4. The predicted octanol–water partition coefficient (Wildman–Crippen LogP) is 34.8. The molecule has 0 radical (unpaired) electrons. The number of hydrogen-bond donors (Lipinski definition) is 0. The molecule has 676 valence electrons. The molecule has 12 rings (SSSR count). The lowest BCUT2D eigenvalue weighted by Crippen LogP contribution is -2.26. The van der Waals surface area contributed by atoms with Crippen LogP contribution in [0.15, 0.2) is 146 Å². The Labute approximate surface area is 787 Å². The largest absolute Gasteiger partial charge is 0.431 e. The smallest absolute Gasteiger partial charge is 0.264 e. The molecule has 0 spiro atoms. The molecule has 0 fully saturated rings. The number of fused-ring (bicyclic) bond motifs is 10. The van der Waals surface area contributed by atoms with E-state index in [-0.39, 0.29) is 10.3 Å². The highest BCUT2D eigenvalue weighted by atomic mass is 32.1. The molecule has 0 bridgehead atoms. The van der Waals surface area contributed by atoms with Crippen LogP contribution in [0.4, 0.5) is 0 Å². The molecule has 0 saturated heterocycles. The number of nitrogens with zero attached hydrogens (tertiary/aromatic N) is 4. The molecule has 2 heterocycles. The summed E-state index contributed by atoms with van der Waals surface area (Å²) in [6.07, 6.45) is 58.6. The Morgan fingerprint density at radius 1 is 0.214 bits per heavy atom. The lowest BCUT2D eigenvalue weighted by molar-refractivity contribution is 0.440. The van der Waals surface area contributed by atoms with E-state index in [1.165, 1.54) is 341 Å². The van der Waals surface area contributed by atoms with Gasteiger partial charge in [-0.15, -0.1) is 22.7 Å². The Morgan fingerprint density at radius 2 is 0.413 bits per heavy atom. The van der Waals surface area contributed by atoms with Crippen molar-refractivity contribution in [1.29, 1.82) is 0 Å². The van der Waals surface area contributed by atoms with Gasteiger partial charge in [0.1, 0.15) is 23.0 Å². The molecule has 0 atom stereocenters. The van der Waals surface area contributed by atoms with Gasteiger partial charge in [0, 0.05) is 119 Å². The van der Waals surface area contributed by atoms with Gasteiger partial charge in [-0.2, -0.15) is 0 Å². The number of unbranched alkanes of at least 4 members (excludes halogenated alkanes) is 36. The third-order valence-electron chi connectivity index (χ3n) is 25.3. The highest BCUT2D eigenvalue weighted by Gasteiger charge is 2.26. The summed E-state index contributed by atoms with van der Waals surface area (Å²) in [7, 11) is 15.0. The maximum absolute atomic E-state index is 6.71. The van der Waals surface area contributed by atoms with E-state index in [4.69, 9.17) is 67.8 Å². The number of thiophene rings is 2. The molecule has 8 nitrogen and oxygen atoms in total. The van der Waals surface area contributed by atoms with E-state index in [1.54, 1.807) is 19.6 Å². The van der Waals surface area contributed by atoms with Gasteiger partial charge in [-0.3, -0.25) is 0 Å². The predicted molar refractivity (Wildman–Crippen MR) is 569 cm³/mol. The van der Waals surface area contributed by atoms with E-state index >= 15 is 0 Å². The number of rotatable bonds is 50. The third-order valence-corrected chi connectivity index (χ3v) is 29.3. The Kier molecular flexibility index (Phi) is 41.1. The summed E-state index contributed by atoms with van der Waals surface area (Å²) in [6, 6.07) is 55.1. The van der Waals surface area contributed by atoms with Crippen molar-refractivity contribution in [2.75, 3.05) is 56.4 Å². The minimum atomic E-state index is 0.275. The minimum Gasteiger partial charge on any atom is -0.431 e. The Balaban J connectivity index is 0.000000259. The van der Waals surface area contributed by atoms with Crippen molar-refractivity contribution in [2.45, 2.75) is 310 Å². The molecular formula is C112H148N4O4S6. The lowest BCUT2D eigenvalue weighted by atomic mass is 9.93. The van der Waals surface area contributed by atoms with Crippen molar-refractivity contribution in [2.24, 2.45) is 0 Å². The summed E-state index contributed by atoms with van der Waals surface area (Å²) in [6.45, 7) is 9.16. The summed E-state index contributed by atoms with van der Waals surface area (Å²) in [5.74, 6) is 2.10. The van der Waals surface area contributed by atoms with E-state index in [9.17, 15) is 0 Å². The van der Waals surface area contributed by atoms with Crippen molar-refractivity contribution < 1.29 is 18.9 Å². The number of ether oxygens (including phenoxy) is 4. The van der Waals surface area contributed by atoms with Crippen molar-refractivity contribution in [3.63, 3.8) is 0 Å². The Hall–Kier alpha value is -7.56. The van der Waals surface area contributed by atoms with Gasteiger partial charge in [0.2, 0.25) is 0 Å². The first-order valence-electron chi connectivity index (χ1n) is 48.9. The molecule has 0 aliphatic carbocycles. The zero-order valence-corrected chi connectivity index (χ0v) is 83.7. The summed E-state index contributed by atoms with van der Waals surface area (Å²) < 4.78 is 32.3. The molecule has 10 aromatic carbocycles. The fraction of sp³-hybridized carbons (Fsp3) is 0.500. The molecule has 0 unspecified atom stereocenters. The van der Waals surface area contributed by atoms with Gasteiger partial charge in [-0.1, -0.05) is 332 Å². The minimum absolute atomic E-state index is 0.275. The van der Waals surface area contributed by atoms with Crippen molar-refractivity contribution >= 4 is 176 Å². The van der Waals surface area contributed by atoms with E-state index in [0.29, 0.717) is 44.5 Å². The molecule has 126 heavy (non-hydrogen) atoms. The molecule has 0 aliphatic rings. The Morgan fingerprint density at radius 3 is 0.659 bits per heavy atom. The van der Waals surface area contributed by atoms with Gasteiger partial charge in [0.15, 0.2) is 0 Å². The zero-order valence-electron chi connectivity index (χ0n) is 78.8. The van der Waals surface area contributed by atoms with Crippen LogP contribution in [-0.2, 0) is 25.7 Å². The summed E-state index contributed by atoms with van der Waals surface area (Å²) >= 11 is 27.3. The summed E-state index contributed by atoms with van der Waals surface area (Å²) in [5, 5.41) is 16.6. The van der Waals surface area contributed by atoms with E-state index in [1.807, 2.05) is 91.2 Å². The number of thiocarbonyl (C=S) groups is 4. The average molecular weight is 1810 g/mol. The number of benzene rings is 10. The van der Waals surface area contributed by atoms with E-state index in [0.717, 1.165) is 58.4 Å². The molecule has 0 N–H and O–H groups in total.